The zero-order chi connectivity index (χ0) is 40.1. The predicted molar refractivity (Wildman–Crippen MR) is 245 cm³/mol. The second-order valence-electron chi connectivity index (χ2n) is 15.2. The van der Waals surface area contributed by atoms with Crippen molar-refractivity contribution in [1.29, 1.82) is 0 Å². The van der Waals surface area contributed by atoms with E-state index in [1.54, 1.807) is 0 Å². The quantitative estimate of drug-likeness (QED) is 0.118. The van der Waals surface area contributed by atoms with E-state index in [0.717, 1.165) is 67.6 Å². The molecule has 0 fully saturated rings. The fraction of sp³-hybridized carbons (Fsp3) is 0.0741. The lowest BCUT2D eigenvalue weighted by molar-refractivity contribution is 0.408. The number of nitrogens with zero attached hydrogens (tertiary/aromatic N) is 2. The molecule has 4 atom stereocenters. The number of nitrogens with one attached hydrogen (secondary N) is 4. The third-order valence-electron chi connectivity index (χ3n) is 11.2. The Kier molecular flexibility index (Phi) is 10.3. The van der Waals surface area contributed by atoms with Gasteiger partial charge in [-0.05, 0) is 81.0 Å². The number of dihydropyridines is 2. The van der Waals surface area contributed by atoms with Crippen molar-refractivity contribution in [1.82, 2.24) is 26.3 Å². The Morgan fingerprint density at radius 1 is 0.417 bits per heavy atom. The van der Waals surface area contributed by atoms with Crippen LogP contribution in [0.15, 0.2) is 235 Å². The first-order valence-electron chi connectivity index (χ1n) is 20.5. The van der Waals surface area contributed by atoms with Crippen molar-refractivity contribution in [2.45, 2.75) is 24.4 Å². The van der Waals surface area contributed by atoms with Gasteiger partial charge in [0.05, 0.1) is 29.2 Å². The molecule has 0 spiro atoms. The van der Waals surface area contributed by atoms with Gasteiger partial charge in [0, 0.05) is 11.3 Å². The van der Waals surface area contributed by atoms with Crippen molar-refractivity contribution >= 4 is 17.0 Å². The molecule has 60 heavy (non-hydrogen) atoms. The maximum atomic E-state index is 5.51. The van der Waals surface area contributed by atoms with Gasteiger partial charge < -0.3 is 16.0 Å². The van der Waals surface area contributed by atoms with Crippen LogP contribution in [0.1, 0.15) is 46.2 Å². The standard InChI is InChI=1S/C54H44N6/c1-7-19-37(20-8-1)43-31-46(40-25-13-4-14-26-40)55-49(34-43)52-58-53(50-35-44(38-21-9-2-10-22-38)32-47(56-50)41-27-15-5-16-28-41)60-54(59-52)51-36-45(39-23-11-3-12-24-39)33-48(57-51)42-29-17-6-18-30-42/h1-36,46-47,52,54-56,59H,(H,58,60). The molecule has 3 aliphatic heterocycles. The molecule has 4 N–H and O–H groups in total. The number of hydrogen-bond acceptors (Lipinski definition) is 6. The van der Waals surface area contributed by atoms with Gasteiger partial charge in [-0.1, -0.05) is 182 Å². The van der Waals surface area contributed by atoms with Crippen LogP contribution in [0.2, 0.25) is 0 Å². The summed E-state index contributed by atoms with van der Waals surface area (Å²) in [5.74, 6) is 0.745. The minimum absolute atomic E-state index is 0.0583. The van der Waals surface area contributed by atoms with E-state index in [0.29, 0.717) is 0 Å². The van der Waals surface area contributed by atoms with Gasteiger partial charge in [-0.15, -0.1) is 0 Å². The summed E-state index contributed by atoms with van der Waals surface area (Å²) in [7, 11) is 0. The molecule has 0 bridgehead atoms. The predicted octanol–water partition coefficient (Wildman–Crippen LogP) is 11.0. The highest BCUT2D eigenvalue weighted by atomic mass is 15.3. The van der Waals surface area contributed by atoms with E-state index in [2.05, 4.69) is 234 Å². The summed E-state index contributed by atoms with van der Waals surface area (Å²) in [5, 5.41) is 15.6. The molecule has 0 saturated carbocycles. The maximum absolute atomic E-state index is 5.51. The molecule has 4 heterocycles. The van der Waals surface area contributed by atoms with E-state index in [4.69, 9.17) is 9.98 Å². The summed E-state index contributed by atoms with van der Waals surface area (Å²) >= 11 is 0. The fourth-order valence-electron chi connectivity index (χ4n) is 8.15. The van der Waals surface area contributed by atoms with Crippen LogP contribution in [0.4, 0.5) is 0 Å². The van der Waals surface area contributed by atoms with Crippen LogP contribution >= 0.6 is 0 Å². The summed E-state index contributed by atoms with van der Waals surface area (Å²) in [5.41, 5.74) is 13.8. The van der Waals surface area contributed by atoms with Gasteiger partial charge in [0.15, 0.2) is 0 Å². The highest BCUT2D eigenvalue weighted by molar-refractivity contribution is 6.02. The molecule has 0 aliphatic carbocycles. The smallest absolute Gasteiger partial charge is 0.148 e. The number of amidine groups is 1. The average Bonchev–Trinajstić information content (AvgIpc) is 3.35. The lowest BCUT2D eigenvalue weighted by Gasteiger charge is -2.37. The zero-order valence-electron chi connectivity index (χ0n) is 33.0. The van der Waals surface area contributed by atoms with Crippen LogP contribution < -0.4 is 21.3 Å². The Morgan fingerprint density at radius 2 is 0.900 bits per heavy atom. The van der Waals surface area contributed by atoms with E-state index in [-0.39, 0.29) is 18.2 Å². The Balaban J connectivity index is 1.12. The fourth-order valence-corrected chi connectivity index (χ4v) is 8.15. The Hall–Kier alpha value is -7.54. The lowest BCUT2D eigenvalue weighted by atomic mass is 9.94. The van der Waals surface area contributed by atoms with Crippen molar-refractivity contribution in [3.05, 3.63) is 258 Å². The van der Waals surface area contributed by atoms with E-state index in [1.807, 2.05) is 6.07 Å². The number of benzene rings is 6. The Labute approximate surface area is 351 Å². The van der Waals surface area contributed by atoms with Crippen molar-refractivity contribution in [3.8, 4) is 22.4 Å². The van der Waals surface area contributed by atoms with Gasteiger partial charge in [0.1, 0.15) is 18.2 Å². The number of pyridine rings is 1. The van der Waals surface area contributed by atoms with Crippen LogP contribution in [0.25, 0.3) is 33.5 Å². The molecule has 4 unspecified atom stereocenters. The first-order valence-corrected chi connectivity index (χ1v) is 20.5. The topological polar surface area (TPSA) is 73.4 Å². The summed E-state index contributed by atoms with van der Waals surface area (Å²) in [4.78, 5) is 10.9. The van der Waals surface area contributed by atoms with Gasteiger partial charge in [-0.2, -0.15) is 0 Å². The average molecular weight is 777 g/mol. The molecule has 290 valence electrons. The molecule has 6 aromatic carbocycles. The molecule has 0 radical (unpaired) electrons. The second kappa shape index (κ2) is 16.7. The minimum Gasteiger partial charge on any atom is -0.375 e. The first-order chi connectivity index (χ1) is 29.7. The molecule has 0 amide bonds. The van der Waals surface area contributed by atoms with Gasteiger partial charge in [-0.25, -0.2) is 9.98 Å². The van der Waals surface area contributed by atoms with Crippen molar-refractivity contribution in [2.24, 2.45) is 4.99 Å². The van der Waals surface area contributed by atoms with Crippen LogP contribution in [-0.4, -0.2) is 17.0 Å². The summed E-state index contributed by atoms with van der Waals surface area (Å²) in [6.07, 6.45) is 8.21. The van der Waals surface area contributed by atoms with E-state index in [1.165, 1.54) is 11.1 Å². The number of aliphatic imine (C=N–C) groups is 1. The van der Waals surface area contributed by atoms with Crippen molar-refractivity contribution in [2.75, 3.05) is 0 Å². The highest BCUT2D eigenvalue weighted by Gasteiger charge is 2.33. The van der Waals surface area contributed by atoms with Gasteiger partial charge in [0.25, 0.3) is 0 Å². The molecule has 1 aromatic heterocycles. The molecule has 6 heteroatoms. The molecule has 0 saturated heterocycles. The zero-order valence-corrected chi connectivity index (χ0v) is 33.0. The largest absolute Gasteiger partial charge is 0.375 e. The van der Waals surface area contributed by atoms with Crippen LogP contribution in [0.5, 0.6) is 0 Å². The van der Waals surface area contributed by atoms with Crippen LogP contribution in [0.3, 0.4) is 0 Å². The number of rotatable bonds is 9. The summed E-state index contributed by atoms with van der Waals surface area (Å²) < 4.78 is 0. The van der Waals surface area contributed by atoms with E-state index in [9.17, 15) is 0 Å². The minimum atomic E-state index is -0.509. The molecule has 3 aliphatic rings. The van der Waals surface area contributed by atoms with Gasteiger partial charge >= 0.3 is 0 Å². The normalized spacial score (nSPS) is 19.8. The highest BCUT2D eigenvalue weighted by Crippen LogP contribution is 2.35. The van der Waals surface area contributed by atoms with E-state index < -0.39 is 6.17 Å². The molecular weight excluding hydrogens is 733 g/mol. The van der Waals surface area contributed by atoms with Crippen LogP contribution in [-0.2, 0) is 0 Å². The summed E-state index contributed by atoms with van der Waals surface area (Å²) in [6.45, 7) is 0. The SMILES string of the molecule is C1=C(C2=NC(c3cc(-c4ccccc4)cc(-c4ccccc4)n3)NC(C3=CC(c4ccccc4)=CC(c4ccccc4)N3)N2)NC(c2ccccc2)C=C1c1ccccc1. The lowest BCUT2D eigenvalue weighted by Crippen LogP contribution is -2.56. The van der Waals surface area contributed by atoms with E-state index >= 15 is 0 Å². The third kappa shape index (κ3) is 7.97. The molecular formula is C54H44N6. The monoisotopic (exact) mass is 776 g/mol. The van der Waals surface area contributed by atoms with Crippen molar-refractivity contribution in [3.63, 3.8) is 0 Å². The molecule has 6 nitrogen and oxygen atoms in total. The van der Waals surface area contributed by atoms with Crippen LogP contribution in [0, 0.1) is 0 Å². The van der Waals surface area contributed by atoms with Gasteiger partial charge in [0.2, 0.25) is 0 Å². The second-order valence-corrected chi connectivity index (χ2v) is 15.2. The number of aromatic nitrogens is 1. The molecule has 10 rings (SSSR count). The first kappa shape index (κ1) is 36.8. The van der Waals surface area contributed by atoms with Gasteiger partial charge in [-0.3, -0.25) is 5.32 Å². The Bertz CT molecular complexity index is 2690. The molecule has 7 aromatic rings. The van der Waals surface area contributed by atoms with Crippen molar-refractivity contribution < 1.29 is 0 Å². The summed E-state index contributed by atoms with van der Waals surface area (Å²) in [6, 6.07) is 67.5. The maximum Gasteiger partial charge on any atom is 0.148 e. The Morgan fingerprint density at radius 3 is 1.47 bits per heavy atom. The third-order valence-corrected chi connectivity index (χ3v) is 11.2. The number of hydrogen-bond donors (Lipinski definition) is 4. The number of allylic oxidation sites excluding steroid dienone is 4.